The summed E-state index contributed by atoms with van der Waals surface area (Å²) in [7, 11) is 1.61. The Labute approximate surface area is 197 Å². The predicted octanol–water partition coefficient (Wildman–Crippen LogP) is 3.07. The van der Waals surface area contributed by atoms with Crippen molar-refractivity contribution in [1.82, 2.24) is 25.0 Å². The van der Waals surface area contributed by atoms with Gasteiger partial charge in [-0.3, -0.25) is 19.0 Å². The largest absolute Gasteiger partial charge is 0.494 e. The van der Waals surface area contributed by atoms with Gasteiger partial charge in [0.25, 0.3) is 11.5 Å². The molecule has 5 rings (SSSR count). The van der Waals surface area contributed by atoms with Gasteiger partial charge in [-0.25, -0.2) is 4.98 Å². The summed E-state index contributed by atoms with van der Waals surface area (Å²) in [5, 5.41) is 7.34. The van der Waals surface area contributed by atoms with Gasteiger partial charge in [-0.1, -0.05) is 12.5 Å². The zero-order valence-corrected chi connectivity index (χ0v) is 19.1. The summed E-state index contributed by atoms with van der Waals surface area (Å²) >= 11 is 0. The Morgan fingerprint density at radius 3 is 2.79 bits per heavy atom. The number of carbonyl (C=O) groups excluding carboxylic acids is 1. The lowest BCUT2D eigenvalue weighted by atomic mass is 9.85. The maximum atomic E-state index is 12.7. The SMILES string of the molecule is COc1cc(CNC(=O)c2cc(=O)n3ccccc3n2)cc2cc(CNCC3CCC3)cnc12. The van der Waals surface area contributed by atoms with Crippen LogP contribution in [0.1, 0.15) is 40.9 Å². The lowest BCUT2D eigenvalue weighted by molar-refractivity contribution is 0.0946. The molecule has 2 N–H and O–H groups in total. The van der Waals surface area contributed by atoms with Crippen molar-refractivity contribution < 1.29 is 9.53 Å². The third kappa shape index (κ3) is 4.63. The lowest BCUT2D eigenvalue weighted by Crippen LogP contribution is -2.27. The van der Waals surface area contributed by atoms with E-state index in [1.54, 1.807) is 31.5 Å². The summed E-state index contributed by atoms with van der Waals surface area (Å²) in [5.41, 5.74) is 2.98. The number of amides is 1. The van der Waals surface area contributed by atoms with Crippen molar-refractivity contribution in [2.45, 2.75) is 32.4 Å². The van der Waals surface area contributed by atoms with E-state index in [2.05, 4.69) is 26.7 Å². The van der Waals surface area contributed by atoms with Gasteiger partial charge in [-0.2, -0.15) is 0 Å². The van der Waals surface area contributed by atoms with E-state index in [0.717, 1.165) is 41.0 Å². The van der Waals surface area contributed by atoms with E-state index in [4.69, 9.17) is 4.74 Å². The number of carbonyl (C=O) groups is 1. The molecular weight excluding hydrogens is 430 g/mol. The number of pyridine rings is 2. The highest BCUT2D eigenvalue weighted by molar-refractivity contribution is 5.92. The molecule has 0 aliphatic heterocycles. The average molecular weight is 458 g/mol. The van der Waals surface area contributed by atoms with E-state index in [9.17, 15) is 9.59 Å². The van der Waals surface area contributed by atoms with E-state index in [1.165, 1.54) is 29.7 Å². The van der Waals surface area contributed by atoms with Crippen molar-refractivity contribution in [1.29, 1.82) is 0 Å². The highest BCUT2D eigenvalue weighted by atomic mass is 16.5. The molecule has 0 spiro atoms. The van der Waals surface area contributed by atoms with E-state index >= 15 is 0 Å². The molecule has 1 aliphatic rings. The fourth-order valence-corrected chi connectivity index (χ4v) is 4.24. The van der Waals surface area contributed by atoms with Crippen LogP contribution in [0.5, 0.6) is 5.75 Å². The molecule has 0 radical (unpaired) electrons. The molecular formula is C26H27N5O3. The first-order chi connectivity index (χ1) is 16.6. The molecule has 1 amide bonds. The number of hydrogen-bond donors (Lipinski definition) is 2. The molecule has 1 saturated carbocycles. The van der Waals surface area contributed by atoms with Gasteiger partial charge >= 0.3 is 0 Å². The van der Waals surface area contributed by atoms with Crippen molar-refractivity contribution in [3.05, 3.63) is 82.0 Å². The van der Waals surface area contributed by atoms with E-state index < -0.39 is 5.91 Å². The number of benzene rings is 1. The molecule has 1 aliphatic carbocycles. The zero-order chi connectivity index (χ0) is 23.5. The highest BCUT2D eigenvalue weighted by Crippen LogP contribution is 2.27. The summed E-state index contributed by atoms with van der Waals surface area (Å²) in [4.78, 5) is 33.9. The van der Waals surface area contributed by atoms with E-state index in [-0.39, 0.29) is 17.8 Å². The summed E-state index contributed by atoms with van der Waals surface area (Å²) in [6, 6.07) is 12.4. The minimum Gasteiger partial charge on any atom is -0.494 e. The standard InChI is InChI=1S/C26H27N5O3/c1-34-22-11-18(9-20-10-19(16-28-25(20)22)14-27-13-17-5-4-6-17)15-29-26(33)21-12-24(32)31-8-3-2-7-23(31)30-21/h2-3,7-12,16-17,27H,4-6,13-15H2,1H3,(H,29,33). The second-order valence-corrected chi connectivity index (χ2v) is 8.73. The normalized spacial score (nSPS) is 13.7. The first kappa shape index (κ1) is 22.0. The Morgan fingerprint density at radius 1 is 1.15 bits per heavy atom. The van der Waals surface area contributed by atoms with Crippen LogP contribution in [0.4, 0.5) is 0 Å². The van der Waals surface area contributed by atoms with Crippen LogP contribution >= 0.6 is 0 Å². The lowest BCUT2D eigenvalue weighted by Gasteiger charge is -2.25. The van der Waals surface area contributed by atoms with Crippen LogP contribution in [-0.4, -0.2) is 33.9 Å². The predicted molar refractivity (Wildman–Crippen MR) is 130 cm³/mol. The average Bonchev–Trinajstić information content (AvgIpc) is 2.83. The van der Waals surface area contributed by atoms with Crippen molar-refractivity contribution in [2.24, 2.45) is 5.92 Å². The maximum absolute atomic E-state index is 12.7. The Bertz CT molecular complexity index is 1410. The summed E-state index contributed by atoms with van der Waals surface area (Å²) < 4.78 is 6.95. The van der Waals surface area contributed by atoms with Gasteiger partial charge in [0.2, 0.25) is 0 Å². The van der Waals surface area contributed by atoms with Crippen molar-refractivity contribution in [2.75, 3.05) is 13.7 Å². The summed E-state index contributed by atoms with van der Waals surface area (Å²) in [5.74, 6) is 1.05. The second kappa shape index (κ2) is 9.61. The van der Waals surface area contributed by atoms with Gasteiger partial charge < -0.3 is 15.4 Å². The van der Waals surface area contributed by atoms with Gasteiger partial charge in [0, 0.05) is 36.9 Å². The van der Waals surface area contributed by atoms with Crippen molar-refractivity contribution >= 4 is 22.5 Å². The van der Waals surface area contributed by atoms with Crippen LogP contribution in [0.2, 0.25) is 0 Å². The third-order valence-corrected chi connectivity index (χ3v) is 6.33. The number of nitrogens with zero attached hydrogens (tertiary/aromatic N) is 3. The van der Waals surface area contributed by atoms with Crippen LogP contribution in [0.15, 0.2) is 59.7 Å². The number of fused-ring (bicyclic) bond motifs is 2. The molecule has 1 aromatic carbocycles. The Kier molecular flexibility index (Phi) is 6.22. The molecule has 1 fully saturated rings. The number of hydrogen-bond acceptors (Lipinski definition) is 6. The number of methoxy groups -OCH3 is 1. The fraction of sp³-hybridized carbons (Fsp3) is 0.308. The van der Waals surface area contributed by atoms with Gasteiger partial charge in [0.1, 0.15) is 22.6 Å². The molecule has 8 heteroatoms. The van der Waals surface area contributed by atoms with Crippen LogP contribution in [0.3, 0.4) is 0 Å². The highest BCUT2D eigenvalue weighted by Gasteiger charge is 2.16. The van der Waals surface area contributed by atoms with Crippen molar-refractivity contribution in [3.8, 4) is 5.75 Å². The van der Waals surface area contributed by atoms with Crippen LogP contribution < -0.4 is 20.9 Å². The quantitative estimate of drug-likeness (QED) is 0.422. The topological polar surface area (TPSA) is 97.6 Å². The zero-order valence-electron chi connectivity index (χ0n) is 19.1. The smallest absolute Gasteiger partial charge is 0.270 e. The molecule has 0 unspecified atom stereocenters. The van der Waals surface area contributed by atoms with Gasteiger partial charge in [0.15, 0.2) is 0 Å². The monoisotopic (exact) mass is 457 g/mol. The second-order valence-electron chi connectivity index (χ2n) is 8.73. The molecule has 34 heavy (non-hydrogen) atoms. The Morgan fingerprint density at radius 2 is 2.00 bits per heavy atom. The molecule has 3 aromatic heterocycles. The van der Waals surface area contributed by atoms with E-state index in [0.29, 0.717) is 11.4 Å². The Balaban J connectivity index is 1.32. The summed E-state index contributed by atoms with van der Waals surface area (Å²) in [6.45, 7) is 2.08. The number of rotatable bonds is 8. The van der Waals surface area contributed by atoms with Gasteiger partial charge in [-0.05, 0) is 66.8 Å². The Hall–Kier alpha value is -3.78. The first-order valence-electron chi connectivity index (χ1n) is 11.5. The number of nitrogens with one attached hydrogen (secondary N) is 2. The molecule has 0 bridgehead atoms. The molecule has 4 aromatic rings. The van der Waals surface area contributed by atoms with Crippen LogP contribution in [0.25, 0.3) is 16.6 Å². The van der Waals surface area contributed by atoms with Gasteiger partial charge in [0.05, 0.1) is 7.11 Å². The first-order valence-corrected chi connectivity index (χ1v) is 11.5. The maximum Gasteiger partial charge on any atom is 0.270 e. The molecule has 0 saturated heterocycles. The van der Waals surface area contributed by atoms with Gasteiger partial charge in [-0.15, -0.1) is 0 Å². The molecule has 0 atom stereocenters. The number of aromatic nitrogens is 3. The summed E-state index contributed by atoms with van der Waals surface area (Å²) in [6.07, 6.45) is 7.48. The number of ether oxygens (including phenoxy) is 1. The third-order valence-electron chi connectivity index (χ3n) is 6.33. The minimum absolute atomic E-state index is 0.0884. The molecule has 8 nitrogen and oxygen atoms in total. The molecule has 3 heterocycles. The fourth-order valence-electron chi connectivity index (χ4n) is 4.24. The molecule has 174 valence electrons. The van der Waals surface area contributed by atoms with Crippen molar-refractivity contribution in [3.63, 3.8) is 0 Å². The minimum atomic E-state index is -0.408. The van der Waals surface area contributed by atoms with Crippen LogP contribution in [0, 0.1) is 5.92 Å². The van der Waals surface area contributed by atoms with E-state index in [1.807, 2.05) is 18.3 Å². The van der Waals surface area contributed by atoms with Crippen LogP contribution in [-0.2, 0) is 13.1 Å².